The monoisotopic (exact) mass is 436 g/mol. The Hall–Kier alpha value is -3.50. The van der Waals surface area contributed by atoms with Crippen LogP contribution in [0.1, 0.15) is 30.9 Å². The van der Waals surface area contributed by atoms with E-state index in [9.17, 15) is 19.8 Å². The fourth-order valence-electron chi connectivity index (χ4n) is 4.00. The molecule has 0 saturated carbocycles. The van der Waals surface area contributed by atoms with Gasteiger partial charge in [0.25, 0.3) is 5.91 Å². The van der Waals surface area contributed by atoms with E-state index in [0.29, 0.717) is 11.5 Å². The van der Waals surface area contributed by atoms with E-state index in [2.05, 4.69) is 11.8 Å². The maximum atomic E-state index is 12.0. The van der Waals surface area contributed by atoms with Crippen LogP contribution < -0.4 is 14.6 Å². The Morgan fingerprint density at radius 2 is 1.97 bits per heavy atom. The van der Waals surface area contributed by atoms with Gasteiger partial charge in [0.1, 0.15) is 12.6 Å². The van der Waals surface area contributed by atoms with Gasteiger partial charge in [-0.25, -0.2) is 0 Å². The number of rotatable bonds is 5. The van der Waals surface area contributed by atoms with Gasteiger partial charge in [-0.3, -0.25) is 4.79 Å². The minimum atomic E-state index is -1.76. The quantitative estimate of drug-likeness (QED) is 0.558. The average molecular weight is 436 g/mol. The van der Waals surface area contributed by atoms with Gasteiger partial charge in [0, 0.05) is 30.0 Å². The highest BCUT2D eigenvalue weighted by Gasteiger charge is 2.48. The van der Waals surface area contributed by atoms with Crippen molar-refractivity contribution in [1.29, 1.82) is 0 Å². The van der Waals surface area contributed by atoms with Gasteiger partial charge in [-0.2, -0.15) is 0 Å². The summed E-state index contributed by atoms with van der Waals surface area (Å²) in [7, 11) is 1.53. The standard InChI is InChI=1S/C25H27NO6/c1-17(27)25(2)16-26(23(28)24(29)30)15-20(25)19-11-12-21(31-3)22(14-19)32-13-7-10-18-8-5-4-6-9-18/h4-6,8-9,11-12,14,17,20,27H,13,15-16H2,1-3H3,(H,29,30)/p-1. The molecule has 1 heterocycles. The topological polar surface area (TPSA) is 99.1 Å². The molecule has 7 heteroatoms. The highest BCUT2D eigenvalue weighted by Crippen LogP contribution is 2.46. The van der Waals surface area contributed by atoms with Gasteiger partial charge in [-0.15, -0.1) is 0 Å². The van der Waals surface area contributed by atoms with Crippen LogP contribution in [0.5, 0.6) is 11.5 Å². The molecule has 1 saturated heterocycles. The lowest BCUT2D eigenvalue weighted by molar-refractivity contribution is -0.301. The molecule has 0 spiro atoms. The lowest BCUT2D eigenvalue weighted by Gasteiger charge is -2.33. The zero-order valence-corrected chi connectivity index (χ0v) is 18.3. The van der Waals surface area contributed by atoms with E-state index in [0.717, 1.165) is 11.1 Å². The number of carbonyl (C=O) groups is 2. The normalized spacial score (nSPS) is 20.8. The molecule has 2 aromatic rings. The minimum Gasteiger partial charge on any atom is -0.540 e. The molecule has 0 aromatic heterocycles. The summed E-state index contributed by atoms with van der Waals surface area (Å²) in [4.78, 5) is 24.3. The molecule has 7 nitrogen and oxygen atoms in total. The van der Waals surface area contributed by atoms with E-state index >= 15 is 0 Å². The fraction of sp³-hybridized carbons (Fsp3) is 0.360. The van der Waals surface area contributed by atoms with E-state index in [4.69, 9.17) is 9.47 Å². The fourth-order valence-corrected chi connectivity index (χ4v) is 4.00. The van der Waals surface area contributed by atoms with E-state index in [1.54, 1.807) is 19.1 Å². The summed E-state index contributed by atoms with van der Waals surface area (Å²) in [5, 5.41) is 21.5. The molecule has 1 aliphatic heterocycles. The van der Waals surface area contributed by atoms with Crippen LogP contribution in [0.25, 0.3) is 0 Å². The van der Waals surface area contributed by atoms with Gasteiger partial charge >= 0.3 is 0 Å². The van der Waals surface area contributed by atoms with Crippen LogP contribution >= 0.6 is 0 Å². The number of hydrogen-bond donors (Lipinski definition) is 1. The molecule has 3 unspecified atom stereocenters. The lowest BCUT2D eigenvalue weighted by Crippen LogP contribution is -2.44. The van der Waals surface area contributed by atoms with Crippen LogP contribution in [0.15, 0.2) is 48.5 Å². The number of amides is 1. The lowest BCUT2D eigenvalue weighted by atomic mass is 9.72. The third kappa shape index (κ3) is 4.87. The van der Waals surface area contributed by atoms with E-state index in [1.165, 1.54) is 12.0 Å². The van der Waals surface area contributed by atoms with Crippen LogP contribution in [0, 0.1) is 17.3 Å². The average Bonchev–Trinajstić information content (AvgIpc) is 3.15. The summed E-state index contributed by atoms with van der Waals surface area (Å²) in [5.74, 6) is 3.84. The third-order valence-corrected chi connectivity index (χ3v) is 6.04. The Bertz CT molecular complexity index is 1040. The van der Waals surface area contributed by atoms with E-state index in [-0.39, 0.29) is 25.6 Å². The number of carboxylic acids is 1. The van der Waals surface area contributed by atoms with Gasteiger partial charge in [-0.1, -0.05) is 43.0 Å². The molecule has 3 atom stereocenters. The van der Waals surface area contributed by atoms with Crippen LogP contribution in [-0.2, 0) is 9.59 Å². The Kier molecular flexibility index (Phi) is 7.06. The molecule has 3 rings (SSSR count). The van der Waals surface area contributed by atoms with Crippen molar-refractivity contribution in [1.82, 2.24) is 4.90 Å². The molecule has 32 heavy (non-hydrogen) atoms. The second-order valence-corrected chi connectivity index (χ2v) is 8.07. The second-order valence-electron chi connectivity index (χ2n) is 8.07. The summed E-state index contributed by atoms with van der Waals surface area (Å²) in [6, 6.07) is 14.9. The zero-order chi connectivity index (χ0) is 23.3. The number of aliphatic carboxylic acids is 1. The second kappa shape index (κ2) is 9.75. The smallest absolute Gasteiger partial charge is 0.269 e. The maximum absolute atomic E-state index is 12.0. The summed E-state index contributed by atoms with van der Waals surface area (Å²) >= 11 is 0. The van der Waals surface area contributed by atoms with Gasteiger partial charge in [0.15, 0.2) is 11.5 Å². The summed E-state index contributed by atoms with van der Waals surface area (Å²) in [6.07, 6.45) is -0.782. The van der Waals surface area contributed by atoms with Crippen molar-refractivity contribution in [2.75, 3.05) is 26.8 Å². The summed E-state index contributed by atoms with van der Waals surface area (Å²) < 4.78 is 11.2. The molecule has 1 fully saturated rings. The highest BCUT2D eigenvalue weighted by molar-refractivity contribution is 6.30. The molecule has 0 radical (unpaired) electrons. The first kappa shape index (κ1) is 23.2. The molecule has 1 aliphatic rings. The van der Waals surface area contributed by atoms with Crippen LogP contribution in [0.2, 0.25) is 0 Å². The number of benzene rings is 2. The number of aliphatic hydroxyl groups excluding tert-OH is 1. The number of carboxylic acid groups (broad SMARTS) is 1. The van der Waals surface area contributed by atoms with Crippen molar-refractivity contribution in [3.63, 3.8) is 0 Å². The molecule has 168 valence electrons. The Morgan fingerprint density at radius 3 is 2.59 bits per heavy atom. The SMILES string of the molecule is COc1ccc(C2CN(C(=O)C(=O)[O-])CC2(C)C(C)O)cc1OCC#Cc1ccccc1. The van der Waals surface area contributed by atoms with E-state index in [1.807, 2.05) is 43.3 Å². The van der Waals surface area contributed by atoms with Crippen molar-refractivity contribution < 1.29 is 29.3 Å². The largest absolute Gasteiger partial charge is 0.540 e. The Labute approximate surface area is 187 Å². The van der Waals surface area contributed by atoms with Crippen LogP contribution in [-0.4, -0.2) is 54.8 Å². The number of likely N-dealkylation sites (tertiary alicyclic amines) is 1. The number of methoxy groups -OCH3 is 1. The first-order valence-corrected chi connectivity index (χ1v) is 10.3. The Balaban J connectivity index is 1.84. The van der Waals surface area contributed by atoms with Gasteiger partial charge < -0.3 is 29.4 Å². The highest BCUT2D eigenvalue weighted by atomic mass is 16.5. The van der Waals surface area contributed by atoms with Crippen LogP contribution in [0.3, 0.4) is 0 Å². The number of ether oxygens (including phenoxy) is 2. The van der Waals surface area contributed by atoms with Gasteiger partial charge in [-0.05, 0) is 36.8 Å². The third-order valence-electron chi connectivity index (χ3n) is 6.04. The molecular weight excluding hydrogens is 410 g/mol. The van der Waals surface area contributed by atoms with Crippen molar-refractivity contribution in [2.45, 2.75) is 25.9 Å². The molecule has 0 bridgehead atoms. The first-order valence-electron chi connectivity index (χ1n) is 10.3. The van der Waals surface area contributed by atoms with Crippen molar-refractivity contribution >= 4 is 11.9 Å². The molecule has 0 aliphatic carbocycles. The molecule has 2 aromatic carbocycles. The number of aliphatic hydroxyl groups is 1. The Morgan fingerprint density at radius 1 is 1.25 bits per heavy atom. The maximum Gasteiger partial charge on any atom is 0.269 e. The zero-order valence-electron chi connectivity index (χ0n) is 18.3. The summed E-state index contributed by atoms with van der Waals surface area (Å²) in [5.41, 5.74) is 0.936. The number of hydrogen-bond acceptors (Lipinski definition) is 6. The predicted octanol–water partition coefficient (Wildman–Crippen LogP) is 1.19. The van der Waals surface area contributed by atoms with Gasteiger partial charge in [0.2, 0.25) is 0 Å². The number of carbonyl (C=O) groups excluding carboxylic acids is 2. The van der Waals surface area contributed by atoms with Crippen molar-refractivity contribution in [3.05, 3.63) is 59.7 Å². The summed E-state index contributed by atoms with van der Waals surface area (Å²) in [6.45, 7) is 3.87. The molecular formula is C25H26NO6-. The predicted molar refractivity (Wildman–Crippen MR) is 116 cm³/mol. The minimum absolute atomic E-state index is 0.104. The number of nitrogens with zero attached hydrogens (tertiary/aromatic N) is 1. The van der Waals surface area contributed by atoms with Crippen molar-refractivity contribution in [2.24, 2.45) is 5.41 Å². The van der Waals surface area contributed by atoms with Crippen LogP contribution in [0.4, 0.5) is 0 Å². The van der Waals surface area contributed by atoms with Gasteiger partial charge in [0.05, 0.1) is 13.2 Å². The first-order chi connectivity index (χ1) is 15.3. The van der Waals surface area contributed by atoms with E-state index < -0.39 is 23.4 Å². The van der Waals surface area contributed by atoms with Crippen molar-refractivity contribution in [3.8, 4) is 23.3 Å². The molecule has 1 N–H and O–H groups in total. The molecule has 1 amide bonds.